The van der Waals surface area contributed by atoms with Crippen molar-refractivity contribution in [1.82, 2.24) is 5.48 Å². The number of nitrogens with two attached hydrogens (primary N) is 1. The second-order valence-electron chi connectivity index (χ2n) is 2.98. The molecule has 0 aliphatic carbocycles. The Hall–Kier alpha value is -2.08. The van der Waals surface area contributed by atoms with Crippen LogP contribution in [-0.2, 0) is 0 Å². The van der Waals surface area contributed by atoms with Crippen LogP contribution in [0.4, 0.5) is 5.69 Å². The fourth-order valence-corrected chi connectivity index (χ4v) is 1.03. The Balaban J connectivity index is 2.95. The van der Waals surface area contributed by atoms with Crippen molar-refractivity contribution in [2.24, 2.45) is 15.9 Å². The third-order valence-corrected chi connectivity index (χ3v) is 1.96. The zero-order chi connectivity index (χ0) is 12.0. The van der Waals surface area contributed by atoms with E-state index in [1.54, 1.807) is 38.3 Å². The lowest BCUT2D eigenvalue weighted by molar-refractivity contribution is 0.236. The van der Waals surface area contributed by atoms with E-state index in [1.807, 2.05) is 5.48 Å². The first-order valence-electron chi connectivity index (χ1n) is 4.59. The summed E-state index contributed by atoms with van der Waals surface area (Å²) in [6, 6.07) is 7.03. The number of rotatable bonds is 3. The average molecular weight is 222 g/mol. The van der Waals surface area contributed by atoms with Crippen molar-refractivity contribution < 1.29 is 9.94 Å². The zero-order valence-electron chi connectivity index (χ0n) is 9.14. The SMILES string of the molecule is COc1ccc(N=C(NO)/C(C)=N/N)cc1. The summed E-state index contributed by atoms with van der Waals surface area (Å²) in [5.41, 5.74) is 2.99. The predicted octanol–water partition coefficient (Wildman–Crippen LogP) is 1.04. The lowest BCUT2D eigenvalue weighted by Gasteiger charge is -2.03. The molecule has 0 saturated carbocycles. The summed E-state index contributed by atoms with van der Waals surface area (Å²) in [7, 11) is 1.59. The molecular weight excluding hydrogens is 208 g/mol. The number of nitrogens with one attached hydrogen (secondary N) is 1. The highest BCUT2D eigenvalue weighted by Crippen LogP contribution is 2.17. The van der Waals surface area contributed by atoms with E-state index in [9.17, 15) is 0 Å². The molecule has 0 amide bonds. The Labute approximate surface area is 93.4 Å². The summed E-state index contributed by atoms with van der Waals surface area (Å²) < 4.78 is 5.01. The van der Waals surface area contributed by atoms with Crippen LogP contribution in [-0.4, -0.2) is 23.9 Å². The molecular formula is C10H14N4O2. The van der Waals surface area contributed by atoms with Crippen molar-refractivity contribution in [2.45, 2.75) is 6.92 Å². The smallest absolute Gasteiger partial charge is 0.173 e. The van der Waals surface area contributed by atoms with E-state index in [-0.39, 0.29) is 5.84 Å². The molecule has 4 N–H and O–H groups in total. The molecule has 0 atom stereocenters. The molecule has 0 spiro atoms. The molecule has 1 aromatic carbocycles. The van der Waals surface area contributed by atoms with E-state index < -0.39 is 0 Å². The topological polar surface area (TPSA) is 92.2 Å². The van der Waals surface area contributed by atoms with Gasteiger partial charge in [-0.3, -0.25) is 10.7 Å². The molecule has 0 saturated heterocycles. The minimum atomic E-state index is 0.202. The van der Waals surface area contributed by atoms with Gasteiger partial charge in [-0.25, -0.2) is 4.99 Å². The summed E-state index contributed by atoms with van der Waals surface area (Å²) in [5.74, 6) is 6.02. The molecule has 86 valence electrons. The number of hydrogen-bond acceptors (Lipinski definition) is 5. The molecule has 6 nitrogen and oxygen atoms in total. The van der Waals surface area contributed by atoms with Gasteiger partial charge in [-0.1, -0.05) is 0 Å². The standard InChI is InChI=1S/C10H14N4O2/c1-7(13-11)10(14-15)12-8-3-5-9(16-2)6-4-8/h3-6,15H,11H2,1-2H3,(H,12,14)/b13-7+. The molecule has 16 heavy (non-hydrogen) atoms. The van der Waals surface area contributed by atoms with E-state index in [0.29, 0.717) is 11.4 Å². The molecule has 0 aromatic heterocycles. The molecule has 0 radical (unpaired) electrons. The number of aliphatic imine (C=N–C) groups is 1. The van der Waals surface area contributed by atoms with Gasteiger partial charge in [0.1, 0.15) is 11.5 Å². The molecule has 1 rings (SSSR count). The third-order valence-electron chi connectivity index (χ3n) is 1.96. The maximum atomic E-state index is 8.85. The summed E-state index contributed by atoms with van der Waals surface area (Å²) in [5, 5.41) is 12.3. The summed E-state index contributed by atoms with van der Waals surface area (Å²) in [6.45, 7) is 1.63. The average Bonchev–Trinajstić information content (AvgIpc) is 2.35. The van der Waals surface area contributed by atoms with Gasteiger partial charge in [0.15, 0.2) is 5.84 Å². The first-order valence-corrected chi connectivity index (χ1v) is 4.59. The van der Waals surface area contributed by atoms with Crippen LogP contribution < -0.4 is 16.1 Å². The predicted molar refractivity (Wildman–Crippen MR) is 62.3 cm³/mol. The van der Waals surface area contributed by atoms with Gasteiger partial charge in [0.25, 0.3) is 0 Å². The van der Waals surface area contributed by atoms with Crippen LogP contribution in [0.5, 0.6) is 5.75 Å². The van der Waals surface area contributed by atoms with Gasteiger partial charge in [0, 0.05) is 0 Å². The number of nitrogens with zero attached hydrogens (tertiary/aromatic N) is 2. The van der Waals surface area contributed by atoms with Crippen molar-refractivity contribution in [1.29, 1.82) is 0 Å². The lowest BCUT2D eigenvalue weighted by atomic mass is 10.3. The molecule has 0 aliphatic rings. The Kier molecular flexibility index (Phi) is 4.28. The van der Waals surface area contributed by atoms with Crippen LogP contribution in [0.15, 0.2) is 34.4 Å². The molecule has 0 heterocycles. The van der Waals surface area contributed by atoms with E-state index in [2.05, 4.69) is 10.1 Å². The maximum Gasteiger partial charge on any atom is 0.173 e. The Morgan fingerprint density at radius 2 is 2.00 bits per heavy atom. The van der Waals surface area contributed by atoms with E-state index in [4.69, 9.17) is 15.8 Å². The highest BCUT2D eigenvalue weighted by Gasteiger charge is 2.02. The zero-order valence-corrected chi connectivity index (χ0v) is 9.14. The quantitative estimate of drug-likeness (QED) is 0.308. The number of hydrazone groups is 1. The minimum Gasteiger partial charge on any atom is -0.497 e. The Morgan fingerprint density at radius 1 is 1.38 bits per heavy atom. The minimum absolute atomic E-state index is 0.202. The number of amidine groups is 1. The van der Waals surface area contributed by atoms with E-state index >= 15 is 0 Å². The van der Waals surface area contributed by atoms with Crippen molar-refractivity contribution in [3.8, 4) is 5.75 Å². The molecule has 0 fully saturated rings. The molecule has 1 aromatic rings. The Bertz CT molecular complexity index is 398. The van der Waals surface area contributed by atoms with Crippen LogP contribution in [0.1, 0.15) is 6.92 Å². The molecule has 0 bridgehead atoms. The van der Waals surface area contributed by atoms with Gasteiger partial charge in [-0.05, 0) is 31.2 Å². The van der Waals surface area contributed by atoms with E-state index in [1.165, 1.54) is 0 Å². The number of hydrogen-bond donors (Lipinski definition) is 3. The van der Waals surface area contributed by atoms with Crippen molar-refractivity contribution in [3.63, 3.8) is 0 Å². The normalized spacial score (nSPS) is 12.4. The second-order valence-corrected chi connectivity index (χ2v) is 2.98. The van der Waals surface area contributed by atoms with Crippen LogP contribution in [0, 0.1) is 0 Å². The Morgan fingerprint density at radius 3 is 2.44 bits per heavy atom. The van der Waals surface area contributed by atoms with Crippen molar-refractivity contribution >= 4 is 17.2 Å². The van der Waals surface area contributed by atoms with Gasteiger partial charge in [0.05, 0.1) is 12.8 Å². The second kappa shape index (κ2) is 5.72. The van der Waals surface area contributed by atoms with E-state index in [0.717, 1.165) is 5.75 Å². The van der Waals surface area contributed by atoms with Gasteiger partial charge in [-0.2, -0.15) is 5.10 Å². The van der Waals surface area contributed by atoms with Crippen LogP contribution in [0.3, 0.4) is 0 Å². The highest BCUT2D eigenvalue weighted by molar-refractivity contribution is 6.40. The summed E-state index contributed by atoms with van der Waals surface area (Å²) >= 11 is 0. The highest BCUT2D eigenvalue weighted by atomic mass is 16.5. The van der Waals surface area contributed by atoms with Crippen LogP contribution in [0.2, 0.25) is 0 Å². The molecule has 0 aliphatic heterocycles. The number of hydroxylamine groups is 1. The van der Waals surface area contributed by atoms with Crippen molar-refractivity contribution in [2.75, 3.05) is 7.11 Å². The largest absolute Gasteiger partial charge is 0.497 e. The third kappa shape index (κ3) is 2.96. The molecule has 6 heteroatoms. The fraction of sp³-hybridized carbons (Fsp3) is 0.200. The first kappa shape index (κ1) is 12.0. The van der Waals surface area contributed by atoms with Crippen LogP contribution >= 0.6 is 0 Å². The monoisotopic (exact) mass is 222 g/mol. The lowest BCUT2D eigenvalue weighted by Crippen LogP contribution is -2.27. The molecule has 0 unspecified atom stereocenters. The van der Waals surface area contributed by atoms with Gasteiger partial charge < -0.3 is 10.6 Å². The number of benzene rings is 1. The summed E-state index contributed by atoms with van der Waals surface area (Å²) in [4.78, 5) is 4.11. The van der Waals surface area contributed by atoms with Crippen molar-refractivity contribution in [3.05, 3.63) is 24.3 Å². The van der Waals surface area contributed by atoms with Gasteiger partial charge >= 0.3 is 0 Å². The van der Waals surface area contributed by atoms with Crippen LogP contribution in [0.25, 0.3) is 0 Å². The van der Waals surface area contributed by atoms with Gasteiger partial charge in [-0.15, -0.1) is 0 Å². The fourth-order valence-electron chi connectivity index (χ4n) is 1.03. The maximum absolute atomic E-state index is 8.85. The summed E-state index contributed by atoms with van der Waals surface area (Å²) in [6.07, 6.45) is 0. The van der Waals surface area contributed by atoms with Gasteiger partial charge in [0.2, 0.25) is 0 Å². The number of methoxy groups -OCH3 is 1. The first-order chi connectivity index (χ1) is 7.71. The number of ether oxygens (including phenoxy) is 1.